The Labute approximate surface area is 165 Å². The second-order valence-corrected chi connectivity index (χ2v) is 7.87. The minimum absolute atomic E-state index is 0.215. The van der Waals surface area contributed by atoms with Crippen LogP contribution in [-0.2, 0) is 0 Å². The second-order valence-electron chi connectivity index (χ2n) is 6.64. The van der Waals surface area contributed by atoms with Crippen LogP contribution in [0, 0.1) is 13.8 Å². The normalized spacial score (nSPS) is 13.9. The second kappa shape index (κ2) is 9.55. The number of carbonyl (C=O) groups excluding carboxylic acids is 1. The number of thioether (sulfide) groups is 1. The van der Waals surface area contributed by atoms with Gasteiger partial charge in [0.25, 0.3) is 0 Å². The summed E-state index contributed by atoms with van der Waals surface area (Å²) in [6, 6.07) is 13.9. The van der Waals surface area contributed by atoms with Gasteiger partial charge < -0.3 is 20.3 Å². The maximum Gasteiger partial charge on any atom is 0.319 e. The largest absolute Gasteiger partial charge is 0.492 e. The van der Waals surface area contributed by atoms with E-state index in [1.165, 1.54) is 22.8 Å². The van der Waals surface area contributed by atoms with E-state index in [0.29, 0.717) is 13.2 Å². The first-order valence-electron chi connectivity index (χ1n) is 9.29. The maximum absolute atomic E-state index is 12.1. The Balaban J connectivity index is 1.43. The fraction of sp³-hybridized carbons (Fsp3) is 0.381. The Bertz CT molecular complexity index is 759. The quantitative estimate of drug-likeness (QED) is 0.737. The molecule has 0 bridgehead atoms. The molecular weight excluding hydrogens is 358 g/mol. The molecule has 0 aromatic heterocycles. The first kappa shape index (κ1) is 19.4. The van der Waals surface area contributed by atoms with Crippen molar-refractivity contribution >= 4 is 29.2 Å². The molecule has 3 rings (SSSR count). The smallest absolute Gasteiger partial charge is 0.319 e. The van der Waals surface area contributed by atoms with E-state index in [9.17, 15) is 4.79 Å². The minimum atomic E-state index is -0.215. The van der Waals surface area contributed by atoms with Crippen molar-refractivity contribution in [2.75, 3.05) is 48.0 Å². The van der Waals surface area contributed by atoms with Crippen LogP contribution in [0.15, 0.2) is 42.5 Å². The molecule has 1 aliphatic heterocycles. The molecule has 0 radical (unpaired) electrons. The van der Waals surface area contributed by atoms with Crippen LogP contribution in [0.4, 0.5) is 16.2 Å². The number of carbonyl (C=O) groups is 1. The van der Waals surface area contributed by atoms with Gasteiger partial charge in [-0.25, -0.2) is 4.79 Å². The van der Waals surface area contributed by atoms with E-state index < -0.39 is 0 Å². The number of aryl methyl sites for hydroxylation is 2. The van der Waals surface area contributed by atoms with Crippen molar-refractivity contribution in [3.63, 3.8) is 0 Å². The Hall–Kier alpha value is -2.34. The highest BCUT2D eigenvalue weighted by atomic mass is 32.2. The Kier molecular flexibility index (Phi) is 6.87. The average Bonchev–Trinajstić information content (AvgIpc) is 2.69. The fourth-order valence-electron chi connectivity index (χ4n) is 2.94. The van der Waals surface area contributed by atoms with Crippen molar-refractivity contribution in [2.24, 2.45) is 0 Å². The molecule has 1 heterocycles. The topological polar surface area (TPSA) is 53.6 Å². The van der Waals surface area contributed by atoms with E-state index in [-0.39, 0.29) is 6.03 Å². The SMILES string of the molecule is Cc1ccc(OCCNC(=O)Nc2ccc(N3CCSCC3)cc2C)cc1. The summed E-state index contributed by atoms with van der Waals surface area (Å²) in [6.07, 6.45) is 0. The maximum atomic E-state index is 12.1. The van der Waals surface area contributed by atoms with E-state index >= 15 is 0 Å². The monoisotopic (exact) mass is 385 g/mol. The van der Waals surface area contributed by atoms with Crippen molar-refractivity contribution in [2.45, 2.75) is 13.8 Å². The zero-order chi connectivity index (χ0) is 19.1. The van der Waals surface area contributed by atoms with Gasteiger partial charge in [-0.2, -0.15) is 11.8 Å². The number of urea groups is 1. The van der Waals surface area contributed by atoms with Gasteiger partial charge >= 0.3 is 6.03 Å². The molecule has 144 valence electrons. The number of rotatable bonds is 6. The summed E-state index contributed by atoms with van der Waals surface area (Å²) in [6.45, 7) is 7.11. The number of hydrogen-bond donors (Lipinski definition) is 2. The number of ether oxygens (including phenoxy) is 1. The van der Waals surface area contributed by atoms with Crippen molar-refractivity contribution in [3.8, 4) is 5.75 Å². The van der Waals surface area contributed by atoms with Gasteiger partial charge in [0, 0.05) is 36.0 Å². The van der Waals surface area contributed by atoms with Gasteiger partial charge in [0.05, 0.1) is 6.54 Å². The molecule has 1 aliphatic rings. The van der Waals surface area contributed by atoms with Crippen LogP contribution in [0.25, 0.3) is 0 Å². The molecule has 0 aliphatic carbocycles. The third kappa shape index (κ3) is 5.82. The van der Waals surface area contributed by atoms with Gasteiger partial charge in [-0.15, -0.1) is 0 Å². The molecule has 2 aromatic carbocycles. The summed E-state index contributed by atoms with van der Waals surface area (Å²) in [7, 11) is 0. The summed E-state index contributed by atoms with van der Waals surface area (Å²) in [5.74, 6) is 3.16. The molecule has 1 saturated heterocycles. The molecule has 5 nitrogen and oxygen atoms in total. The Morgan fingerprint density at radius 2 is 1.85 bits per heavy atom. The van der Waals surface area contributed by atoms with Gasteiger partial charge in [0.2, 0.25) is 0 Å². The molecule has 27 heavy (non-hydrogen) atoms. The molecule has 1 fully saturated rings. The van der Waals surface area contributed by atoms with Crippen molar-refractivity contribution in [1.29, 1.82) is 0 Å². The van der Waals surface area contributed by atoms with Crippen LogP contribution >= 0.6 is 11.8 Å². The first-order valence-corrected chi connectivity index (χ1v) is 10.4. The molecule has 2 aromatic rings. The lowest BCUT2D eigenvalue weighted by Crippen LogP contribution is -2.33. The number of nitrogens with one attached hydrogen (secondary N) is 2. The molecule has 2 N–H and O–H groups in total. The van der Waals surface area contributed by atoms with E-state index in [1.807, 2.05) is 55.9 Å². The van der Waals surface area contributed by atoms with Crippen molar-refractivity contribution < 1.29 is 9.53 Å². The van der Waals surface area contributed by atoms with Gasteiger partial charge in [0.1, 0.15) is 12.4 Å². The van der Waals surface area contributed by atoms with E-state index in [4.69, 9.17) is 4.74 Å². The number of benzene rings is 2. The third-order valence-electron chi connectivity index (χ3n) is 4.51. The average molecular weight is 386 g/mol. The number of nitrogens with zero attached hydrogens (tertiary/aromatic N) is 1. The lowest BCUT2D eigenvalue weighted by molar-refractivity contribution is 0.247. The summed E-state index contributed by atoms with van der Waals surface area (Å²) < 4.78 is 5.62. The van der Waals surface area contributed by atoms with E-state index in [1.54, 1.807) is 0 Å². The molecular formula is C21H27N3O2S. The van der Waals surface area contributed by atoms with Crippen LogP contribution in [0.2, 0.25) is 0 Å². The number of anilines is 2. The van der Waals surface area contributed by atoms with Crippen molar-refractivity contribution in [1.82, 2.24) is 5.32 Å². The number of hydrogen-bond acceptors (Lipinski definition) is 4. The summed E-state index contributed by atoms with van der Waals surface area (Å²) in [5.41, 5.74) is 4.32. The third-order valence-corrected chi connectivity index (χ3v) is 5.45. The lowest BCUT2D eigenvalue weighted by atomic mass is 10.1. The highest BCUT2D eigenvalue weighted by molar-refractivity contribution is 7.99. The van der Waals surface area contributed by atoms with E-state index in [2.05, 4.69) is 27.7 Å². The first-order chi connectivity index (χ1) is 13.1. The van der Waals surface area contributed by atoms with Crippen LogP contribution in [0.3, 0.4) is 0 Å². The zero-order valence-corrected chi connectivity index (χ0v) is 16.8. The summed E-state index contributed by atoms with van der Waals surface area (Å²) >= 11 is 2.00. The van der Waals surface area contributed by atoms with Gasteiger partial charge in [-0.1, -0.05) is 17.7 Å². The molecule has 6 heteroatoms. The number of amides is 2. The van der Waals surface area contributed by atoms with Gasteiger partial charge in [-0.3, -0.25) is 0 Å². The predicted octanol–water partition coefficient (Wildman–Crippen LogP) is 4.06. The standard InChI is InChI=1S/C21H27N3O2S/c1-16-3-6-19(7-4-16)26-12-9-22-21(25)23-20-8-5-18(15-17(20)2)24-10-13-27-14-11-24/h3-8,15H,9-14H2,1-2H3,(H2,22,23,25). The Morgan fingerprint density at radius 1 is 1.11 bits per heavy atom. The van der Waals surface area contributed by atoms with Crippen LogP contribution < -0.4 is 20.3 Å². The predicted molar refractivity (Wildman–Crippen MR) is 114 cm³/mol. The fourth-order valence-corrected chi connectivity index (χ4v) is 3.84. The summed E-state index contributed by atoms with van der Waals surface area (Å²) in [5, 5.41) is 5.75. The molecule has 0 saturated carbocycles. The van der Waals surface area contributed by atoms with Crippen LogP contribution in [-0.4, -0.2) is 43.8 Å². The van der Waals surface area contributed by atoms with Gasteiger partial charge in [-0.05, 0) is 49.7 Å². The lowest BCUT2D eigenvalue weighted by Gasteiger charge is -2.29. The molecule has 0 unspecified atom stereocenters. The molecule has 0 spiro atoms. The highest BCUT2D eigenvalue weighted by Crippen LogP contribution is 2.24. The van der Waals surface area contributed by atoms with E-state index in [0.717, 1.165) is 30.1 Å². The van der Waals surface area contributed by atoms with Gasteiger partial charge in [0.15, 0.2) is 0 Å². The highest BCUT2D eigenvalue weighted by Gasteiger charge is 2.12. The van der Waals surface area contributed by atoms with Crippen LogP contribution in [0.5, 0.6) is 5.75 Å². The summed E-state index contributed by atoms with van der Waals surface area (Å²) in [4.78, 5) is 14.5. The molecule has 0 atom stereocenters. The van der Waals surface area contributed by atoms with Crippen LogP contribution in [0.1, 0.15) is 11.1 Å². The Morgan fingerprint density at radius 3 is 2.56 bits per heavy atom. The zero-order valence-electron chi connectivity index (χ0n) is 16.0. The molecule has 2 amide bonds. The minimum Gasteiger partial charge on any atom is -0.492 e. The van der Waals surface area contributed by atoms with Crippen molar-refractivity contribution in [3.05, 3.63) is 53.6 Å².